The van der Waals surface area contributed by atoms with Crippen LogP contribution in [0.2, 0.25) is 0 Å². The minimum atomic E-state index is -1.82. The Morgan fingerprint density at radius 1 is 1.24 bits per heavy atom. The molecule has 4 fully saturated rings. The molecule has 3 N–H and O–H groups in total. The van der Waals surface area contributed by atoms with Crippen LogP contribution in [0, 0.1) is 17.8 Å². The molecule has 2 heterocycles. The molecule has 2 aliphatic carbocycles. The molecule has 0 aromatic heterocycles. The van der Waals surface area contributed by atoms with E-state index in [0.717, 1.165) is 0 Å². The number of carbonyl (C=O) groups excluding carboxylic acids is 2. The molecule has 25 heavy (non-hydrogen) atoms. The molecule has 4 aliphatic rings. The van der Waals surface area contributed by atoms with Crippen LogP contribution in [0.3, 0.4) is 0 Å². The molecule has 2 saturated heterocycles. The Hall–Kier alpha value is -1.22. The number of hydrogen-bond donors (Lipinski definition) is 3. The second kappa shape index (κ2) is 4.73. The molecule has 2 saturated carbocycles. The molecule has 0 spiro atoms. The number of hydrogen-bond acceptors (Lipinski definition) is 8. The highest BCUT2D eigenvalue weighted by Gasteiger charge is 2.83. The first kappa shape index (κ1) is 17.2. The fourth-order valence-corrected chi connectivity index (χ4v) is 5.53. The second-order valence-corrected chi connectivity index (χ2v) is 8.40. The summed E-state index contributed by atoms with van der Waals surface area (Å²) in [4.78, 5) is 23.8. The SMILES string of the molecule is CC(=O)OC1CC(C)(O)C2(O)C3OC3C(C)(O)C2C2OC(=O)C(C)C12. The molecule has 0 amide bonds. The molecule has 8 nitrogen and oxygen atoms in total. The third-order valence-corrected chi connectivity index (χ3v) is 6.72. The van der Waals surface area contributed by atoms with Crippen LogP contribution in [0.25, 0.3) is 0 Å². The van der Waals surface area contributed by atoms with E-state index in [1.807, 2.05) is 0 Å². The Balaban J connectivity index is 1.86. The average molecular weight is 356 g/mol. The number of ether oxygens (including phenoxy) is 3. The van der Waals surface area contributed by atoms with E-state index in [2.05, 4.69) is 0 Å². The molecule has 8 heteroatoms. The highest BCUT2D eigenvalue weighted by molar-refractivity contribution is 5.75. The van der Waals surface area contributed by atoms with Gasteiger partial charge in [-0.2, -0.15) is 0 Å². The molecule has 0 aromatic carbocycles. The Labute approximate surface area is 145 Å². The lowest BCUT2D eigenvalue weighted by Crippen LogP contribution is -2.64. The van der Waals surface area contributed by atoms with Crippen LogP contribution < -0.4 is 0 Å². The highest BCUT2D eigenvalue weighted by Crippen LogP contribution is 2.64. The summed E-state index contributed by atoms with van der Waals surface area (Å²) < 4.78 is 16.4. The van der Waals surface area contributed by atoms with Crippen molar-refractivity contribution in [3.8, 4) is 0 Å². The van der Waals surface area contributed by atoms with Crippen molar-refractivity contribution in [2.75, 3.05) is 0 Å². The fourth-order valence-electron chi connectivity index (χ4n) is 5.53. The summed E-state index contributed by atoms with van der Waals surface area (Å²) in [5, 5.41) is 33.6. The van der Waals surface area contributed by atoms with E-state index < -0.39 is 70.9 Å². The summed E-state index contributed by atoms with van der Waals surface area (Å²) in [5.74, 6) is -3.10. The van der Waals surface area contributed by atoms with Crippen molar-refractivity contribution >= 4 is 11.9 Å². The first-order chi connectivity index (χ1) is 11.4. The van der Waals surface area contributed by atoms with E-state index in [-0.39, 0.29) is 6.42 Å². The van der Waals surface area contributed by atoms with Gasteiger partial charge >= 0.3 is 11.9 Å². The van der Waals surface area contributed by atoms with Gasteiger partial charge in [-0.1, -0.05) is 6.92 Å². The average Bonchev–Trinajstić information content (AvgIpc) is 3.18. The summed E-state index contributed by atoms with van der Waals surface area (Å²) >= 11 is 0. The van der Waals surface area contributed by atoms with E-state index >= 15 is 0 Å². The van der Waals surface area contributed by atoms with E-state index in [4.69, 9.17) is 14.2 Å². The van der Waals surface area contributed by atoms with E-state index in [0.29, 0.717) is 0 Å². The van der Waals surface area contributed by atoms with Gasteiger partial charge in [0.25, 0.3) is 0 Å². The van der Waals surface area contributed by atoms with E-state index in [9.17, 15) is 24.9 Å². The molecule has 10 unspecified atom stereocenters. The highest BCUT2D eigenvalue weighted by atomic mass is 16.6. The van der Waals surface area contributed by atoms with Gasteiger partial charge in [-0.3, -0.25) is 9.59 Å². The Bertz CT molecular complexity index is 643. The van der Waals surface area contributed by atoms with Crippen LogP contribution in [0.5, 0.6) is 0 Å². The lowest BCUT2D eigenvalue weighted by molar-refractivity contribution is -0.231. The topological polar surface area (TPSA) is 126 Å². The van der Waals surface area contributed by atoms with Gasteiger partial charge in [-0.25, -0.2) is 0 Å². The Kier molecular flexibility index (Phi) is 3.26. The number of carbonyl (C=O) groups is 2. The molecule has 140 valence electrons. The zero-order valence-electron chi connectivity index (χ0n) is 14.6. The molecular weight excluding hydrogens is 332 g/mol. The summed E-state index contributed by atoms with van der Waals surface area (Å²) in [7, 11) is 0. The van der Waals surface area contributed by atoms with Gasteiger partial charge in [-0.15, -0.1) is 0 Å². The van der Waals surface area contributed by atoms with Gasteiger partial charge in [0.2, 0.25) is 0 Å². The molecule has 0 bridgehead atoms. The monoisotopic (exact) mass is 356 g/mol. The molecule has 0 radical (unpaired) electrons. The van der Waals surface area contributed by atoms with Crippen LogP contribution in [-0.2, 0) is 23.8 Å². The standard InChI is InChI=1S/C17H24O8/c1-6-9-8(23-7(2)18)5-15(3,20)17(22)11(10(9)24-14(6)19)16(4,21)12-13(17)25-12/h6,8-13,20-22H,5H2,1-4H3. The quantitative estimate of drug-likeness (QED) is 0.409. The number of aliphatic hydroxyl groups is 3. The van der Waals surface area contributed by atoms with Crippen molar-refractivity contribution in [3.63, 3.8) is 0 Å². The van der Waals surface area contributed by atoms with Gasteiger partial charge in [0.1, 0.15) is 35.6 Å². The van der Waals surface area contributed by atoms with E-state index in [1.54, 1.807) is 6.92 Å². The molecule has 10 atom stereocenters. The number of rotatable bonds is 1. The van der Waals surface area contributed by atoms with Crippen molar-refractivity contribution in [1.82, 2.24) is 0 Å². The van der Waals surface area contributed by atoms with Crippen LogP contribution in [0.15, 0.2) is 0 Å². The van der Waals surface area contributed by atoms with Crippen LogP contribution >= 0.6 is 0 Å². The van der Waals surface area contributed by atoms with Crippen molar-refractivity contribution in [1.29, 1.82) is 0 Å². The van der Waals surface area contributed by atoms with Crippen molar-refractivity contribution < 1.29 is 39.1 Å². The van der Waals surface area contributed by atoms with Gasteiger partial charge in [0, 0.05) is 19.3 Å². The van der Waals surface area contributed by atoms with Crippen molar-refractivity contribution in [2.24, 2.45) is 17.8 Å². The molecular formula is C17H24O8. The number of epoxide rings is 1. The lowest BCUT2D eigenvalue weighted by Gasteiger charge is -2.46. The normalized spacial score (nSPS) is 59.3. The smallest absolute Gasteiger partial charge is 0.309 e. The first-order valence-corrected chi connectivity index (χ1v) is 8.63. The summed E-state index contributed by atoms with van der Waals surface area (Å²) in [6, 6.07) is 0. The van der Waals surface area contributed by atoms with Crippen LogP contribution in [0.1, 0.15) is 34.1 Å². The molecule has 2 aliphatic heterocycles. The third-order valence-electron chi connectivity index (χ3n) is 6.72. The minimum absolute atomic E-state index is 0.0790. The number of fused-ring (bicyclic) bond motifs is 5. The molecule has 0 aromatic rings. The van der Waals surface area contributed by atoms with Gasteiger partial charge in [-0.05, 0) is 13.8 Å². The zero-order valence-corrected chi connectivity index (χ0v) is 14.6. The van der Waals surface area contributed by atoms with Crippen LogP contribution in [0.4, 0.5) is 0 Å². The van der Waals surface area contributed by atoms with Crippen molar-refractivity contribution in [3.05, 3.63) is 0 Å². The molecule has 4 rings (SSSR count). The largest absolute Gasteiger partial charge is 0.462 e. The fraction of sp³-hybridized carbons (Fsp3) is 0.882. The third kappa shape index (κ3) is 1.96. The van der Waals surface area contributed by atoms with Crippen LogP contribution in [-0.4, -0.2) is 68.5 Å². The zero-order chi connectivity index (χ0) is 18.5. The summed E-state index contributed by atoms with van der Waals surface area (Å²) in [5.41, 5.74) is -5.00. The van der Waals surface area contributed by atoms with Gasteiger partial charge < -0.3 is 29.5 Å². The predicted molar refractivity (Wildman–Crippen MR) is 81.1 cm³/mol. The second-order valence-electron chi connectivity index (χ2n) is 8.40. The number of esters is 2. The predicted octanol–water partition coefficient (Wildman–Crippen LogP) is -0.870. The lowest BCUT2D eigenvalue weighted by atomic mass is 9.70. The summed E-state index contributed by atoms with van der Waals surface area (Å²) in [6.07, 6.45) is -3.16. The maximum absolute atomic E-state index is 12.2. The summed E-state index contributed by atoms with van der Waals surface area (Å²) in [6.45, 7) is 5.90. The maximum Gasteiger partial charge on any atom is 0.309 e. The van der Waals surface area contributed by atoms with Gasteiger partial charge in [0.05, 0.1) is 17.4 Å². The van der Waals surface area contributed by atoms with Crippen molar-refractivity contribution in [2.45, 2.75) is 75.3 Å². The maximum atomic E-state index is 12.2. The minimum Gasteiger partial charge on any atom is -0.462 e. The Morgan fingerprint density at radius 2 is 1.88 bits per heavy atom. The first-order valence-electron chi connectivity index (χ1n) is 8.63. The van der Waals surface area contributed by atoms with Gasteiger partial charge in [0.15, 0.2) is 0 Å². The van der Waals surface area contributed by atoms with E-state index in [1.165, 1.54) is 20.8 Å². The Morgan fingerprint density at radius 3 is 2.48 bits per heavy atom.